The fourth-order valence-corrected chi connectivity index (χ4v) is 4.98. The maximum Gasteiger partial charge on any atom is 0.262 e. The molecule has 0 saturated carbocycles. The van der Waals surface area contributed by atoms with E-state index < -0.39 is 0 Å². The van der Waals surface area contributed by atoms with Crippen LogP contribution in [0.25, 0.3) is 20.7 Å². The van der Waals surface area contributed by atoms with Gasteiger partial charge < -0.3 is 4.90 Å². The molecule has 1 amide bonds. The summed E-state index contributed by atoms with van der Waals surface area (Å²) in [6, 6.07) is 19.8. The molecule has 1 aliphatic heterocycles. The van der Waals surface area contributed by atoms with Crippen LogP contribution in [0.1, 0.15) is 12.5 Å². The van der Waals surface area contributed by atoms with Gasteiger partial charge in [0.2, 0.25) is 5.91 Å². The van der Waals surface area contributed by atoms with Crippen LogP contribution in [0.4, 0.5) is 5.69 Å². The van der Waals surface area contributed by atoms with Crippen molar-refractivity contribution in [2.75, 3.05) is 4.90 Å². The summed E-state index contributed by atoms with van der Waals surface area (Å²) in [7, 11) is 0. The summed E-state index contributed by atoms with van der Waals surface area (Å²) in [5.74, 6) is -0.0933. The minimum atomic E-state index is -0.179. The van der Waals surface area contributed by atoms with Crippen molar-refractivity contribution in [2.45, 2.75) is 25.9 Å². The first-order chi connectivity index (χ1) is 14.1. The molecule has 29 heavy (non-hydrogen) atoms. The highest BCUT2D eigenvalue weighted by molar-refractivity contribution is 7.21. The number of nitrogens with zero attached hydrogens (tertiary/aromatic N) is 3. The average molecular weight is 401 g/mol. The number of anilines is 1. The van der Waals surface area contributed by atoms with Crippen molar-refractivity contribution < 1.29 is 4.79 Å². The van der Waals surface area contributed by atoms with Crippen LogP contribution in [0, 0.1) is 0 Å². The molecule has 0 fully saturated rings. The highest BCUT2D eigenvalue weighted by Gasteiger charge is 2.30. The first kappa shape index (κ1) is 17.8. The van der Waals surface area contributed by atoms with Crippen LogP contribution in [0.2, 0.25) is 0 Å². The molecule has 0 spiro atoms. The summed E-state index contributed by atoms with van der Waals surface area (Å²) in [6.45, 7) is 2.02. The highest BCUT2D eigenvalue weighted by atomic mass is 32.1. The second kappa shape index (κ2) is 6.97. The molecule has 5 rings (SSSR count). The Morgan fingerprint density at radius 3 is 2.72 bits per heavy atom. The molecule has 3 heterocycles. The van der Waals surface area contributed by atoms with Crippen molar-refractivity contribution in [1.29, 1.82) is 0 Å². The third kappa shape index (κ3) is 3.06. The van der Waals surface area contributed by atoms with Gasteiger partial charge in [0.1, 0.15) is 11.4 Å². The van der Waals surface area contributed by atoms with Crippen LogP contribution >= 0.6 is 11.3 Å². The minimum Gasteiger partial charge on any atom is -0.307 e. The van der Waals surface area contributed by atoms with Gasteiger partial charge in [-0.3, -0.25) is 14.2 Å². The number of amides is 1. The number of hydrogen-bond acceptors (Lipinski definition) is 4. The van der Waals surface area contributed by atoms with E-state index >= 15 is 0 Å². The van der Waals surface area contributed by atoms with Crippen molar-refractivity contribution in [1.82, 2.24) is 9.55 Å². The van der Waals surface area contributed by atoms with E-state index in [1.807, 2.05) is 61.5 Å². The van der Waals surface area contributed by atoms with Gasteiger partial charge in [-0.15, -0.1) is 11.3 Å². The molecular formula is C23H19N3O2S. The van der Waals surface area contributed by atoms with E-state index in [4.69, 9.17) is 0 Å². The Labute approximate surface area is 171 Å². The molecule has 6 heteroatoms. The number of para-hydroxylation sites is 1. The fraction of sp³-hybridized carbons (Fsp3) is 0.174. The Morgan fingerprint density at radius 2 is 1.90 bits per heavy atom. The van der Waals surface area contributed by atoms with Crippen molar-refractivity contribution in [2.24, 2.45) is 0 Å². The largest absolute Gasteiger partial charge is 0.307 e. The molecule has 1 aliphatic rings. The summed E-state index contributed by atoms with van der Waals surface area (Å²) in [5, 5.41) is 0.555. The van der Waals surface area contributed by atoms with Crippen molar-refractivity contribution >= 4 is 33.1 Å². The molecule has 0 bridgehead atoms. The quantitative estimate of drug-likeness (QED) is 0.519. The molecule has 2 aromatic heterocycles. The van der Waals surface area contributed by atoms with Crippen molar-refractivity contribution in [3.63, 3.8) is 0 Å². The lowest BCUT2D eigenvalue weighted by Crippen LogP contribution is -2.39. The molecular weight excluding hydrogens is 382 g/mol. The first-order valence-electron chi connectivity index (χ1n) is 9.56. The summed E-state index contributed by atoms with van der Waals surface area (Å²) >= 11 is 1.49. The average Bonchev–Trinajstić information content (AvgIpc) is 3.31. The molecule has 4 aromatic rings. The predicted octanol–water partition coefficient (Wildman–Crippen LogP) is 4.10. The third-order valence-corrected chi connectivity index (χ3v) is 6.45. The Kier molecular flexibility index (Phi) is 4.28. The molecule has 1 atom stereocenters. The molecule has 0 radical (unpaired) electrons. The van der Waals surface area contributed by atoms with Gasteiger partial charge in [0.15, 0.2) is 0 Å². The minimum absolute atomic E-state index is 0.0169. The number of hydrogen-bond donors (Lipinski definition) is 0. The maximum atomic E-state index is 13.0. The van der Waals surface area contributed by atoms with Crippen LogP contribution in [0.3, 0.4) is 0 Å². The number of aromatic nitrogens is 2. The Bertz CT molecular complexity index is 1280. The summed E-state index contributed by atoms with van der Waals surface area (Å²) in [5.41, 5.74) is 2.98. The van der Waals surface area contributed by atoms with Gasteiger partial charge in [-0.1, -0.05) is 48.5 Å². The molecule has 5 nitrogen and oxygen atoms in total. The number of carbonyl (C=O) groups is 1. The smallest absolute Gasteiger partial charge is 0.262 e. The van der Waals surface area contributed by atoms with Gasteiger partial charge in [-0.25, -0.2) is 4.98 Å². The van der Waals surface area contributed by atoms with Crippen LogP contribution < -0.4 is 10.5 Å². The normalized spacial score (nSPS) is 15.6. The Morgan fingerprint density at radius 1 is 1.14 bits per heavy atom. The zero-order valence-electron chi connectivity index (χ0n) is 15.9. The van der Waals surface area contributed by atoms with E-state index in [1.54, 1.807) is 4.90 Å². The van der Waals surface area contributed by atoms with Crippen molar-refractivity contribution in [3.8, 4) is 10.4 Å². The molecule has 0 N–H and O–H groups in total. The number of fused-ring (bicyclic) bond motifs is 2. The molecule has 144 valence electrons. The monoisotopic (exact) mass is 401 g/mol. The summed E-state index contributed by atoms with van der Waals surface area (Å²) in [6.07, 6.45) is 2.32. The van der Waals surface area contributed by atoms with Crippen LogP contribution in [-0.2, 0) is 17.8 Å². The van der Waals surface area contributed by atoms with Gasteiger partial charge in [-0.05, 0) is 36.6 Å². The van der Waals surface area contributed by atoms with Crippen LogP contribution in [0.5, 0.6) is 0 Å². The van der Waals surface area contributed by atoms with E-state index in [9.17, 15) is 9.59 Å². The summed E-state index contributed by atoms with van der Waals surface area (Å²) < 4.78 is 1.42. The molecule has 0 aliphatic carbocycles. The molecule has 0 unspecified atom stereocenters. The number of rotatable bonds is 3. The lowest BCUT2D eigenvalue weighted by atomic mass is 10.1. The van der Waals surface area contributed by atoms with Crippen LogP contribution in [0.15, 0.2) is 71.8 Å². The number of thiophene rings is 1. The Balaban J connectivity index is 1.47. The van der Waals surface area contributed by atoms with Gasteiger partial charge in [0.25, 0.3) is 5.56 Å². The standard InChI is InChI=1S/C23H19N3O2S/c1-15-11-17-9-5-6-10-19(17)26(15)21(27)13-25-14-24-22-18(23(25)28)12-20(29-22)16-7-3-2-4-8-16/h2-10,12,14-15H,11,13H2,1H3/t15-/m0/s1. The van der Waals surface area contributed by atoms with Gasteiger partial charge in [0.05, 0.1) is 11.7 Å². The van der Waals surface area contributed by atoms with Crippen molar-refractivity contribution in [3.05, 3.63) is 82.9 Å². The van der Waals surface area contributed by atoms with Gasteiger partial charge in [0, 0.05) is 16.6 Å². The number of benzene rings is 2. The van der Waals surface area contributed by atoms with Gasteiger partial charge in [-0.2, -0.15) is 0 Å². The van der Waals surface area contributed by atoms with E-state index in [2.05, 4.69) is 11.1 Å². The second-order valence-electron chi connectivity index (χ2n) is 7.32. The lowest BCUT2D eigenvalue weighted by Gasteiger charge is -2.23. The fourth-order valence-electron chi connectivity index (χ4n) is 3.98. The number of carbonyl (C=O) groups excluding carboxylic acids is 1. The predicted molar refractivity (Wildman–Crippen MR) is 116 cm³/mol. The van der Waals surface area contributed by atoms with E-state index in [1.165, 1.54) is 27.8 Å². The Hall–Kier alpha value is -3.25. The second-order valence-corrected chi connectivity index (χ2v) is 8.35. The SMILES string of the molecule is C[C@H]1Cc2ccccc2N1C(=O)Cn1cnc2sc(-c3ccccc3)cc2c1=O. The lowest BCUT2D eigenvalue weighted by molar-refractivity contribution is -0.119. The van der Waals surface area contributed by atoms with Gasteiger partial charge >= 0.3 is 0 Å². The van der Waals surface area contributed by atoms with Crippen LogP contribution in [-0.4, -0.2) is 21.5 Å². The first-order valence-corrected chi connectivity index (χ1v) is 10.4. The zero-order chi connectivity index (χ0) is 20.0. The topological polar surface area (TPSA) is 55.2 Å². The third-order valence-electron chi connectivity index (χ3n) is 5.36. The molecule has 2 aromatic carbocycles. The van der Waals surface area contributed by atoms with E-state index in [0.29, 0.717) is 10.2 Å². The molecule has 0 saturated heterocycles. The zero-order valence-corrected chi connectivity index (χ0v) is 16.7. The maximum absolute atomic E-state index is 13.0. The van der Waals surface area contributed by atoms with E-state index in [-0.39, 0.29) is 24.1 Å². The highest BCUT2D eigenvalue weighted by Crippen LogP contribution is 2.32. The summed E-state index contributed by atoms with van der Waals surface area (Å²) in [4.78, 5) is 34.0. The van der Waals surface area contributed by atoms with E-state index in [0.717, 1.165) is 22.5 Å².